The maximum absolute atomic E-state index is 12.1. The van der Waals surface area contributed by atoms with Crippen molar-refractivity contribution in [2.45, 2.75) is 26.8 Å². The Balaban J connectivity index is 2.13. The number of nitrogens with zero attached hydrogens (tertiary/aromatic N) is 1. The molecule has 96 valence electrons. The van der Waals surface area contributed by atoms with Gasteiger partial charge in [-0.3, -0.25) is 14.5 Å². The average molecular weight is 246 g/mol. The van der Waals surface area contributed by atoms with Crippen molar-refractivity contribution in [2.75, 3.05) is 13.1 Å². The molecule has 0 bridgehead atoms. The zero-order chi connectivity index (χ0) is 13.3. The fourth-order valence-corrected chi connectivity index (χ4v) is 2.07. The predicted octanol–water partition coefficient (Wildman–Crippen LogP) is 1.59. The van der Waals surface area contributed by atoms with Gasteiger partial charge in [0.25, 0.3) is 11.8 Å². The summed E-state index contributed by atoms with van der Waals surface area (Å²) >= 11 is 0. The second-order valence-electron chi connectivity index (χ2n) is 4.92. The molecule has 1 heterocycles. The Bertz CT molecular complexity index is 495. The van der Waals surface area contributed by atoms with Crippen LogP contribution in [0.4, 0.5) is 0 Å². The van der Waals surface area contributed by atoms with E-state index >= 15 is 0 Å². The van der Waals surface area contributed by atoms with Gasteiger partial charge in [-0.15, -0.1) is 0 Å². The van der Waals surface area contributed by atoms with E-state index in [1.54, 1.807) is 12.1 Å². The molecule has 0 atom stereocenters. The number of benzene rings is 1. The summed E-state index contributed by atoms with van der Waals surface area (Å²) in [4.78, 5) is 25.5. The van der Waals surface area contributed by atoms with Gasteiger partial charge in [0.15, 0.2) is 0 Å². The largest absolute Gasteiger partial charge is 0.313 e. The molecule has 2 amide bonds. The minimum Gasteiger partial charge on any atom is -0.313 e. The number of fused-ring (bicyclic) bond motifs is 1. The topological polar surface area (TPSA) is 49.4 Å². The molecule has 1 aliphatic rings. The molecule has 0 unspecified atom stereocenters. The van der Waals surface area contributed by atoms with E-state index in [1.807, 2.05) is 26.8 Å². The lowest BCUT2D eigenvalue weighted by atomic mass is 10.1. The highest BCUT2D eigenvalue weighted by atomic mass is 16.2. The molecule has 1 aromatic rings. The summed E-state index contributed by atoms with van der Waals surface area (Å²) in [6.45, 7) is 7.03. The van der Waals surface area contributed by atoms with E-state index in [9.17, 15) is 9.59 Å². The van der Waals surface area contributed by atoms with Gasteiger partial charge in [0.1, 0.15) is 0 Å². The van der Waals surface area contributed by atoms with Gasteiger partial charge in [-0.2, -0.15) is 0 Å². The number of amides is 2. The summed E-state index contributed by atoms with van der Waals surface area (Å²) in [7, 11) is 0. The number of carbonyl (C=O) groups is 2. The number of hydrogen-bond acceptors (Lipinski definition) is 3. The first-order valence-electron chi connectivity index (χ1n) is 6.21. The van der Waals surface area contributed by atoms with Crippen molar-refractivity contribution in [3.05, 3.63) is 34.9 Å². The van der Waals surface area contributed by atoms with Crippen molar-refractivity contribution in [1.29, 1.82) is 0 Å². The van der Waals surface area contributed by atoms with Crippen molar-refractivity contribution in [2.24, 2.45) is 0 Å². The molecule has 18 heavy (non-hydrogen) atoms. The molecule has 0 saturated carbocycles. The van der Waals surface area contributed by atoms with Gasteiger partial charge in [-0.1, -0.05) is 25.5 Å². The van der Waals surface area contributed by atoms with Crippen molar-refractivity contribution in [3.8, 4) is 0 Å². The van der Waals surface area contributed by atoms with Gasteiger partial charge in [-0.05, 0) is 19.1 Å². The molecule has 0 spiro atoms. The van der Waals surface area contributed by atoms with E-state index in [2.05, 4.69) is 5.32 Å². The summed E-state index contributed by atoms with van der Waals surface area (Å²) in [6, 6.07) is 5.73. The van der Waals surface area contributed by atoms with Crippen molar-refractivity contribution in [3.63, 3.8) is 0 Å². The first-order valence-corrected chi connectivity index (χ1v) is 6.21. The minimum atomic E-state index is -0.180. The third-order valence-electron chi connectivity index (χ3n) is 3.01. The lowest BCUT2D eigenvalue weighted by molar-refractivity contribution is 0.0654. The van der Waals surface area contributed by atoms with Crippen LogP contribution >= 0.6 is 0 Å². The van der Waals surface area contributed by atoms with Crippen LogP contribution in [0.2, 0.25) is 0 Å². The standard InChI is InChI=1S/C14H18N2O2/c1-9(2)15-6-7-16-13(17)11-5-4-10(3)8-12(11)14(16)18/h4-5,8-9,15H,6-7H2,1-3H3. The minimum absolute atomic E-state index is 0.177. The third kappa shape index (κ3) is 2.29. The van der Waals surface area contributed by atoms with E-state index in [0.717, 1.165) is 5.56 Å². The number of hydrogen-bond donors (Lipinski definition) is 1. The molecular formula is C14H18N2O2. The normalized spacial score (nSPS) is 14.6. The molecule has 0 saturated heterocycles. The van der Waals surface area contributed by atoms with E-state index in [0.29, 0.717) is 30.3 Å². The molecule has 0 aliphatic carbocycles. The van der Waals surface area contributed by atoms with Crippen LogP contribution in [0.15, 0.2) is 18.2 Å². The SMILES string of the molecule is Cc1ccc2c(c1)C(=O)N(CCNC(C)C)C2=O. The molecule has 1 aliphatic heterocycles. The van der Waals surface area contributed by atoms with Crippen LogP contribution in [-0.2, 0) is 0 Å². The second-order valence-corrected chi connectivity index (χ2v) is 4.92. The number of aryl methyl sites for hydroxylation is 1. The van der Waals surface area contributed by atoms with Crippen molar-refractivity contribution >= 4 is 11.8 Å². The first kappa shape index (κ1) is 12.8. The molecule has 0 fully saturated rings. The quantitative estimate of drug-likeness (QED) is 0.821. The van der Waals surface area contributed by atoms with Crippen LogP contribution in [-0.4, -0.2) is 35.8 Å². The highest BCUT2D eigenvalue weighted by Gasteiger charge is 2.34. The van der Waals surface area contributed by atoms with Crippen LogP contribution in [0, 0.1) is 6.92 Å². The third-order valence-corrected chi connectivity index (χ3v) is 3.01. The van der Waals surface area contributed by atoms with Gasteiger partial charge >= 0.3 is 0 Å². The molecule has 2 rings (SSSR count). The Hall–Kier alpha value is -1.68. The van der Waals surface area contributed by atoms with Gasteiger partial charge in [0, 0.05) is 19.1 Å². The van der Waals surface area contributed by atoms with E-state index < -0.39 is 0 Å². The zero-order valence-electron chi connectivity index (χ0n) is 11.0. The molecule has 4 nitrogen and oxygen atoms in total. The van der Waals surface area contributed by atoms with Gasteiger partial charge in [0.2, 0.25) is 0 Å². The molecule has 1 N–H and O–H groups in total. The van der Waals surface area contributed by atoms with E-state index in [1.165, 1.54) is 4.90 Å². The van der Waals surface area contributed by atoms with E-state index in [4.69, 9.17) is 0 Å². The van der Waals surface area contributed by atoms with Gasteiger partial charge in [0.05, 0.1) is 11.1 Å². The molecule has 0 radical (unpaired) electrons. The summed E-state index contributed by atoms with van der Waals surface area (Å²) in [5.41, 5.74) is 2.05. The second kappa shape index (κ2) is 4.90. The molecular weight excluding hydrogens is 228 g/mol. The Morgan fingerprint density at radius 3 is 2.50 bits per heavy atom. The van der Waals surface area contributed by atoms with Crippen molar-refractivity contribution in [1.82, 2.24) is 10.2 Å². The maximum atomic E-state index is 12.1. The fraction of sp³-hybridized carbons (Fsp3) is 0.429. The van der Waals surface area contributed by atoms with Crippen LogP contribution < -0.4 is 5.32 Å². The summed E-state index contributed by atoms with van der Waals surface area (Å²) in [5.74, 6) is -0.357. The number of carbonyl (C=O) groups excluding carboxylic acids is 2. The van der Waals surface area contributed by atoms with Crippen molar-refractivity contribution < 1.29 is 9.59 Å². The highest BCUT2D eigenvalue weighted by Crippen LogP contribution is 2.23. The Morgan fingerprint density at radius 2 is 1.83 bits per heavy atom. The molecule has 1 aromatic carbocycles. The number of nitrogens with one attached hydrogen (secondary N) is 1. The van der Waals surface area contributed by atoms with Crippen LogP contribution in [0.5, 0.6) is 0 Å². The molecule has 0 aromatic heterocycles. The lowest BCUT2D eigenvalue weighted by Gasteiger charge is -2.15. The fourth-order valence-electron chi connectivity index (χ4n) is 2.07. The smallest absolute Gasteiger partial charge is 0.261 e. The number of rotatable bonds is 4. The van der Waals surface area contributed by atoms with Gasteiger partial charge in [-0.25, -0.2) is 0 Å². The van der Waals surface area contributed by atoms with E-state index in [-0.39, 0.29) is 11.8 Å². The first-order chi connectivity index (χ1) is 8.50. The predicted molar refractivity (Wildman–Crippen MR) is 69.7 cm³/mol. The Labute approximate surface area is 107 Å². The monoisotopic (exact) mass is 246 g/mol. The highest BCUT2D eigenvalue weighted by molar-refractivity contribution is 6.21. The average Bonchev–Trinajstić information content (AvgIpc) is 2.53. The molecule has 4 heteroatoms. The Morgan fingerprint density at radius 1 is 1.17 bits per heavy atom. The summed E-state index contributed by atoms with van der Waals surface area (Å²) in [6.07, 6.45) is 0. The zero-order valence-corrected chi connectivity index (χ0v) is 11.0. The van der Waals surface area contributed by atoms with Crippen LogP contribution in [0.25, 0.3) is 0 Å². The number of imide groups is 1. The van der Waals surface area contributed by atoms with Gasteiger partial charge < -0.3 is 5.32 Å². The summed E-state index contributed by atoms with van der Waals surface area (Å²) in [5, 5.41) is 3.21. The van der Waals surface area contributed by atoms with Crippen LogP contribution in [0.1, 0.15) is 40.1 Å². The summed E-state index contributed by atoms with van der Waals surface area (Å²) < 4.78 is 0. The lowest BCUT2D eigenvalue weighted by Crippen LogP contribution is -2.38. The van der Waals surface area contributed by atoms with Crippen LogP contribution in [0.3, 0.4) is 0 Å². The Kier molecular flexibility index (Phi) is 3.48. The maximum Gasteiger partial charge on any atom is 0.261 e.